The highest BCUT2D eigenvalue weighted by Crippen LogP contribution is 2.01. The van der Waals surface area contributed by atoms with E-state index in [0.717, 1.165) is 18.2 Å². The molecular formula is C11H19N3. The van der Waals surface area contributed by atoms with E-state index in [1.807, 2.05) is 13.0 Å². The van der Waals surface area contributed by atoms with Crippen LogP contribution in [0, 0.1) is 6.92 Å². The Hall–Kier alpha value is -1.12. The van der Waals surface area contributed by atoms with Gasteiger partial charge in [0.15, 0.2) is 0 Å². The Morgan fingerprint density at radius 2 is 2.14 bits per heavy atom. The molecule has 0 aliphatic carbocycles. The van der Waals surface area contributed by atoms with E-state index >= 15 is 0 Å². The van der Waals surface area contributed by atoms with Crippen LogP contribution in [0.3, 0.4) is 0 Å². The lowest BCUT2D eigenvalue weighted by atomic mass is 10.2. The summed E-state index contributed by atoms with van der Waals surface area (Å²) in [6.45, 7) is 5.17. The molecule has 0 aliphatic rings. The molecule has 0 unspecified atom stereocenters. The van der Waals surface area contributed by atoms with Crippen molar-refractivity contribution in [2.75, 3.05) is 11.9 Å². The number of hydrogen-bond acceptors (Lipinski definition) is 3. The SMILES string of the molecule is CCCCCCNc1nccc(C)n1. The highest BCUT2D eigenvalue weighted by Gasteiger charge is 1.94. The van der Waals surface area contributed by atoms with Crippen molar-refractivity contribution in [3.63, 3.8) is 0 Å². The molecule has 1 heterocycles. The fourth-order valence-electron chi connectivity index (χ4n) is 1.29. The Balaban J connectivity index is 2.18. The molecule has 0 amide bonds. The van der Waals surface area contributed by atoms with Crippen molar-refractivity contribution in [2.45, 2.75) is 39.5 Å². The molecule has 1 rings (SSSR count). The summed E-state index contributed by atoms with van der Waals surface area (Å²) in [5.41, 5.74) is 1.01. The van der Waals surface area contributed by atoms with Crippen molar-refractivity contribution in [2.24, 2.45) is 0 Å². The maximum absolute atomic E-state index is 4.27. The van der Waals surface area contributed by atoms with Crippen molar-refractivity contribution < 1.29 is 0 Å². The van der Waals surface area contributed by atoms with Crippen LogP contribution in [0.15, 0.2) is 12.3 Å². The number of nitrogens with one attached hydrogen (secondary N) is 1. The largest absolute Gasteiger partial charge is 0.354 e. The van der Waals surface area contributed by atoms with Crippen LogP contribution >= 0.6 is 0 Å². The normalized spacial score (nSPS) is 10.1. The first kappa shape index (κ1) is 11.0. The number of nitrogens with zero attached hydrogens (tertiary/aromatic N) is 2. The molecule has 1 N–H and O–H groups in total. The molecule has 0 aliphatic heterocycles. The van der Waals surface area contributed by atoms with Gasteiger partial charge in [0.05, 0.1) is 0 Å². The standard InChI is InChI=1S/C11H19N3/c1-3-4-5-6-8-12-11-13-9-7-10(2)14-11/h7,9H,3-6,8H2,1-2H3,(H,12,13,14). The van der Waals surface area contributed by atoms with Gasteiger partial charge in [0, 0.05) is 18.4 Å². The van der Waals surface area contributed by atoms with Crippen LogP contribution < -0.4 is 5.32 Å². The Labute approximate surface area is 86.0 Å². The molecule has 0 spiro atoms. The molecule has 1 aromatic rings. The maximum atomic E-state index is 4.27. The van der Waals surface area contributed by atoms with E-state index < -0.39 is 0 Å². The van der Waals surface area contributed by atoms with Crippen LogP contribution in [0.2, 0.25) is 0 Å². The van der Waals surface area contributed by atoms with Gasteiger partial charge in [0.25, 0.3) is 0 Å². The van der Waals surface area contributed by atoms with Crippen LogP contribution in [-0.2, 0) is 0 Å². The smallest absolute Gasteiger partial charge is 0.222 e. The van der Waals surface area contributed by atoms with Gasteiger partial charge in [-0.3, -0.25) is 0 Å². The van der Waals surface area contributed by atoms with Gasteiger partial charge in [0.1, 0.15) is 0 Å². The summed E-state index contributed by atoms with van der Waals surface area (Å²) in [5.74, 6) is 0.751. The van der Waals surface area contributed by atoms with Gasteiger partial charge in [-0.05, 0) is 19.4 Å². The van der Waals surface area contributed by atoms with E-state index in [1.54, 1.807) is 6.20 Å². The second kappa shape index (κ2) is 6.35. The zero-order valence-electron chi connectivity index (χ0n) is 9.08. The van der Waals surface area contributed by atoms with E-state index in [1.165, 1.54) is 25.7 Å². The van der Waals surface area contributed by atoms with Gasteiger partial charge in [-0.25, -0.2) is 9.97 Å². The molecule has 14 heavy (non-hydrogen) atoms. The van der Waals surface area contributed by atoms with Crippen molar-refractivity contribution in [3.05, 3.63) is 18.0 Å². The predicted molar refractivity (Wildman–Crippen MR) is 59.4 cm³/mol. The molecule has 0 atom stereocenters. The number of unbranched alkanes of at least 4 members (excludes halogenated alkanes) is 3. The van der Waals surface area contributed by atoms with E-state index in [0.29, 0.717) is 0 Å². The van der Waals surface area contributed by atoms with Gasteiger partial charge in [-0.15, -0.1) is 0 Å². The number of anilines is 1. The Morgan fingerprint density at radius 1 is 1.29 bits per heavy atom. The summed E-state index contributed by atoms with van der Waals surface area (Å²) < 4.78 is 0. The minimum absolute atomic E-state index is 0.751. The molecule has 0 bridgehead atoms. The zero-order chi connectivity index (χ0) is 10.2. The second-order valence-corrected chi connectivity index (χ2v) is 3.51. The molecule has 3 nitrogen and oxygen atoms in total. The highest BCUT2D eigenvalue weighted by molar-refractivity contribution is 5.24. The molecule has 0 saturated carbocycles. The summed E-state index contributed by atoms with van der Waals surface area (Å²) in [5, 5.41) is 3.22. The lowest BCUT2D eigenvalue weighted by Gasteiger charge is -2.04. The van der Waals surface area contributed by atoms with Crippen LogP contribution in [0.4, 0.5) is 5.95 Å². The van der Waals surface area contributed by atoms with E-state index in [4.69, 9.17) is 0 Å². The van der Waals surface area contributed by atoms with Crippen LogP contribution in [0.5, 0.6) is 0 Å². The van der Waals surface area contributed by atoms with Gasteiger partial charge in [-0.1, -0.05) is 26.2 Å². The van der Waals surface area contributed by atoms with Crippen LogP contribution in [0.1, 0.15) is 38.3 Å². The monoisotopic (exact) mass is 193 g/mol. The van der Waals surface area contributed by atoms with Crippen molar-refractivity contribution in [3.8, 4) is 0 Å². The molecule has 0 saturated heterocycles. The average Bonchev–Trinajstić information content (AvgIpc) is 2.18. The highest BCUT2D eigenvalue weighted by atomic mass is 15.1. The average molecular weight is 193 g/mol. The molecule has 3 heteroatoms. The van der Waals surface area contributed by atoms with E-state index in [-0.39, 0.29) is 0 Å². The van der Waals surface area contributed by atoms with E-state index in [2.05, 4.69) is 22.2 Å². The topological polar surface area (TPSA) is 37.8 Å². The third-order valence-electron chi connectivity index (χ3n) is 2.11. The number of aryl methyl sites for hydroxylation is 1. The van der Waals surface area contributed by atoms with Gasteiger partial charge in [0.2, 0.25) is 5.95 Å². The first-order valence-corrected chi connectivity index (χ1v) is 5.36. The number of rotatable bonds is 6. The minimum Gasteiger partial charge on any atom is -0.354 e. The molecule has 0 fully saturated rings. The second-order valence-electron chi connectivity index (χ2n) is 3.51. The molecular weight excluding hydrogens is 174 g/mol. The summed E-state index contributed by atoms with van der Waals surface area (Å²) >= 11 is 0. The molecule has 78 valence electrons. The summed E-state index contributed by atoms with van der Waals surface area (Å²) in [4.78, 5) is 8.40. The number of hydrogen-bond donors (Lipinski definition) is 1. The third kappa shape index (κ3) is 4.21. The first-order chi connectivity index (χ1) is 6.83. The Morgan fingerprint density at radius 3 is 2.86 bits per heavy atom. The quantitative estimate of drug-likeness (QED) is 0.706. The summed E-state index contributed by atoms with van der Waals surface area (Å²) in [6, 6.07) is 1.91. The van der Waals surface area contributed by atoms with Gasteiger partial charge < -0.3 is 5.32 Å². The van der Waals surface area contributed by atoms with Crippen LogP contribution in [0.25, 0.3) is 0 Å². The molecule has 0 radical (unpaired) electrons. The summed E-state index contributed by atoms with van der Waals surface area (Å²) in [7, 11) is 0. The number of aromatic nitrogens is 2. The predicted octanol–water partition coefficient (Wildman–Crippen LogP) is 2.78. The lowest BCUT2D eigenvalue weighted by molar-refractivity contribution is 0.683. The van der Waals surface area contributed by atoms with Crippen LogP contribution in [-0.4, -0.2) is 16.5 Å². The fraction of sp³-hybridized carbons (Fsp3) is 0.636. The van der Waals surface area contributed by atoms with Crippen molar-refractivity contribution >= 4 is 5.95 Å². The fourth-order valence-corrected chi connectivity index (χ4v) is 1.29. The lowest BCUT2D eigenvalue weighted by Crippen LogP contribution is -2.05. The first-order valence-electron chi connectivity index (χ1n) is 5.36. The van der Waals surface area contributed by atoms with Crippen molar-refractivity contribution in [1.82, 2.24) is 9.97 Å². The van der Waals surface area contributed by atoms with Crippen molar-refractivity contribution in [1.29, 1.82) is 0 Å². The van der Waals surface area contributed by atoms with Gasteiger partial charge >= 0.3 is 0 Å². The molecule has 1 aromatic heterocycles. The third-order valence-corrected chi connectivity index (χ3v) is 2.11. The minimum atomic E-state index is 0.751. The van der Waals surface area contributed by atoms with E-state index in [9.17, 15) is 0 Å². The Kier molecular flexibility index (Phi) is 4.97. The summed E-state index contributed by atoms with van der Waals surface area (Å²) in [6.07, 6.45) is 6.87. The maximum Gasteiger partial charge on any atom is 0.222 e. The van der Waals surface area contributed by atoms with Gasteiger partial charge in [-0.2, -0.15) is 0 Å². The zero-order valence-corrected chi connectivity index (χ0v) is 9.08. The Bertz CT molecular complexity index is 260. The molecule has 0 aromatic carbocycles.